The van der Waals surface area contributed by atoms with Crippen molar-refractivity contribution in [2.75, 3.05) is 62.7 Å². The number of carbonyl (C=O) groups is 3. The van der Waals surface area contributed by atoms with E-state index in [0.717, 1.165) is 0 Å². The highest BCUT2D eigenvalue weighted by Gasteiger charge is 2.35. The molecule has 1 aliphatic heterocycles. The highest BCUT2D eigenvalue weighted by Crippen LogP contribution is 2.37. The highest BCUT2D eigenvalue weighted by atomic mass is 19.1. The van der Waals surface area contributed by atoms with Crippen molar-refractivity contribution >= 4 is 40.3 Å². The minimum Gasteiger partial charge on any atom is -0.497 e. The Morgan fingerprint density at radius 1 is 0.902 bits per heavy atom. The number of halogens is 1. The fourth-order valence-corrected chi connectivity index (χ4v) is 6.01. The molecule has 5 rings (SSSR count). The van der Waals surface area contributed by atoms with Gasteiger partial charge in [-0.3, -0.25) is 14.5 Å². The molecule has 2 N–H and O–H groups in total. The van der Waals surface area contributed by atoms with Crippen LogP contribution in [0.15, 0.2) is 71.5 Å². The Bertz CT molecular complexity index is 1940. The fourth-order valence-electron chi connectivity index (χ4n) is 6.01. The first kappa shape index (κ1) is 36.4. The normalized spacial score (nSPS) is 14.1. The van der Waals surface area contributed by atoms with Crippen LogP contribution < -0.4 is 35.6 Å². The molecule has 0 saturated carbocycles. The van der Waals surface area contributed by atoms with E-state index in [9.17, 15) is 23.6 Å². The summed E-state index contributed by atoms with van der Waals surface area (Å²) >= 11 is 0. The van der Waals surface area contributed by atoms with Gasteiger partial charge in [0.15, 0.2) is 5.82 Å². The van der Waals surface area contributed by atoms with E-state index in [1.54, 1.807) is 59.3 Å². The quantitative estimate of drug-likeness (QED) is 0.244. The first-order valence-corrected chi connectivity index (χ1v) is 16.4. The van der Waals surface area contributed by atoms with Gasteiger partial charge in [-0.25, -0.2) is 23.6 Å². The largest absolute Gasteiger partial charge is 0.497 e. The molecule has 1 fully saturated rings. The molecule has 15 heteroatoms. The van der Waals surface area contributed by atoms with Gasteiger partial charge in [-0.2, -0.15) is 0 Å². The molecule has 1 aliphatic rings. The molecule has 1 saturated heterocycles. The number of fused-ring (bicyclic) bond motifs is 1. The van der Waals surface area contributed by atoms with Crippen LogP contribution >= 0.6 is 0 Å². The van der Waals surface area contributed by atoms with Gasteiger partial charge in [0.2, 0.25) is 5.91 Å². The van der Waals surface area contributed by atoms with Crippen molar-refractivity contribution in [3.05, 3.63) is 88.7 Å². The number of methoxy groups -OCH3 is 3. The van der Waals surface area contributed by atoms with Crippen LogP contribution in [0.4, 0.5) is 25.4 Å². The number of anilines is 2. The number of ether oxygens (including phenoxy) is 3. The summed E-state index contributed by atoms with van der Waals surface area (Å²) in [4.78, 5) is 62.0. The Labute approximate surface area is 294 Å². The minimum absolute atomic E-state index is 0.198. The second kappa shape index (κ2) is 15.8. The zero-order chi connectivity index (χ0) is 36.8. The molecule has 0 bridgehead atoms. The topological polar surface area (TPSA) is 148 Å². The lowest BCUT2D eigenvalue weighted by atomic mass is 10.0. The van der Waals surface area contributed by atoms with Gasteiger partial charge in [0.25, 0.3) is 5.56 Å². The summed E-state index contributed by atoms with van der Waals surface area (Å²) in [5.74, 6) is 0.146. The number of para-hydroxylation sites is 1. The van der Waals surface area contributed by atoms with E-state index in [2.05, 4.69) is 10.6 Å². The third kappa shape index (κ3) is 7.82. The van der Waals surface area contributed by atoms with Gasteiger partial charge in [-0.05, 0) is 61.4 Å². The predicted molar refractivity (Wildman–Crippen MR) is 191 cm³/mol. The maximum absolute atomic E-state index is 14.3. The van der Waals surface area contributed by atoms with Gasteiger partial charge < -0.3 is 34.8 Å². The van der Waals surface area contributed by atoms with E-state index >= 15 is 0 Å². The van der Waals surface area contributed by atoms with Gasteiger partial charge in [0, 0.05) is 24.8 Å². The summed E-state index contributed by atoms with van der Waals surface area (Å²) in [5, 5.41) is 7.63. The summed E-state index contributed by atoms with van der Waals surface area (Å²) in [5.41, 5.74) is 0.781. The van der Waals surface area contributed by atoms with E-state index in [4.69, 9.17) is 19.2 Å². The number of nitrogens with zero attached hydrogens (tertiary/aromatic N) is 5. The van der Waals surface area contributed by atoms with Crippen molar-refractivity contribution in [1.29, 1.82) is 0 Å². The van der Waals surface area contributed by atoms with Crippen molar-refractivity contribution < 1.29 is 33.0 Å². The number of rotatable bonds is 10. The first-order chi connectivity index (χ1) is 24.5. The average molecular weight is 704 g/mol. The van der Waals surface area contributed by atoms with Crippen LogP contribution in [0.2, 0.25) is 0 Å². The molecule has 4 aromatic rings. The summed E-state index contributed by atoms with van der Waals surface area (Å²) < 4.78 is 31.0. The number of hydrogen-bond donors (Lipinski definition) is 2. The van der Waals surface area contributed by atoms with Gasteiger partial charge in [0.1, 0.15) is 23.4 Å². The average Bonchev–Trinajstić information content (AvgIpc) is 3.14. The fraction of sp³-hybridized carbons (Fsp3) is 0.361. The molecule has 0 radical (unpaired) electrons. The third-order valence-corrected chi connectivity index (χ3v) is 8.74. The second-order valence-electron chi connectivity index (χ2n) is 12.3. The molecule has 3 aromatic carbocycles. The number of carbonyl (C=O) groups excluding carboxylic acids is 3. The first-order valence-electron chi connectivity index (χ1n) is 16.4. The molecule has 0 spiro atoms. The van der Waals surface area contributed by atoms with Crippen molar-refractivity contribution in [1.82, 2.24) is 19.9 Å². The molecular formula is C36H42FN7O7. The molecule has 51 heavy (non-hydrogen) atoms. The number of piperazine rings is 1. The summed E-state index contributed by atoms with van der Waals surface area (Å²) in [6, 6.07) is 15.0. The summed E-state index contributed by atoms with van der Waals surface area (Å²) in [7, 11) is 4.22. The van der Waals surface area contributed by atoms with Crippen LogP contribution in [0.25, 0.3) is 10.9 Å². The summed E-state index contributed by atoms with van der Waals surface area (Å²) in [6.07, 6.45) is -0.699. The number of amides is 4. The van der Waals surface area contributed by atoms with E-state index < -0.39 is 30.0 Å². The standard InChI is InChI=1S/C36H42FN7O7/c1-22(2)31(40-36(48)51-6)34(46)41-17-19-42(20-18-41)44-32(39-28-10-8-7-9-27(28)33(44)45)23(3)43(29-16-15-26(49-4)21-30(29)50-5)35(47)38-25-13-11-24(37)12-14-25/h7-16,21-23,31H,17-20H2,1-6H3,(H,38,47)(H,40,48)/t23?,31-/m0/s1. The van der Waals surface area contributed by atoms with Crippen molar-refractivity contribution in [3.8, 4) is 11.5 Å². The Kier molecular flexibility index (Phi) is 11.3. The Morgan fingerprint density at radius 3 is 2.22 bits per heavy atom. The predicted octanol–water partition coefficient (Wildman–Crippen LogP) is 4.51. The van der Waals surface area contributed by atoms with Crippen LogP contribution in [0.5, 0.6) is 11.5 Å². The van der Waals surface area contributed by atoms with E-state index in [0.29, 0.717) is 33.8 Å². The maximum atomic E-state index is 14.3. The Morgan fingerprint density at radius 2 is 1.59 bits per heavy atom. The van der Waals surface area contributed by atoms with Crippen molar-refractivity contribution in [3.63, 3.8) is 0 Å². The molecule has 4 amide bonds. The second-order valence-corrected chi connectivity index (χ2v) is 12.3. The van der Waals surface area contributed by atoms with Gasteiger partial charge in [-0.15, -0.1) is 0 Å². The maximum Gasteiger partial charge on any atom is 0.407 e. The van der Waals surface area contributed by atoms with Gasteiger partial charge >= 0.3 is 12.1 Å². The third-order valence-electron chi connectivity index (χ3n) is 8.74. The van der Waals surface area contributed by atoms with Crippen molar-refractivity contribution in [2.24, 2.45) is 5.92 Å². The number of urea groups is 1. The number of hydrogen-bond acceptors (Lipinski definition) is 9. The smallest absolute Gasteiger partial charge is 0.407 e. The van der Waals surface area contributed by atoms with Crippen LogP contribution in [0.3, 0.4) is 0 Å². The van der Waals surface area contributed by atoms with Crippen molar-refractivity contribution in [2.45, 2.75) is 32.9 Å². The summed E-state index contributed by atoms with van der Waals surface area (Å²) in [6.45, 7) is 6.41. The van der Waals surface area contributed by atoms with Crippen LogP contribution in [0, 0.1) is 11.7 Å². The molecular weight excluding hydrogens is 661 g/mol. The molecule has 1 unspecified atom stereocenters. The van der Waals surface area contributed by atoms with Crippen LogP contribution in [-0.2, 0) is 9.53 Å². The SMILES string of the molecule is COC(=O)N[C@H](C(=O)N1CCN(n2c(C(C)N(C(=O)Nc3ccc(F)cc3)c3ccc(OC)cc3OC)nc3ccccc3c2=O)CC1)C(C)C. The minimum atomic E-state index is -0.890. The molecule has 2 atom stereocenters. The molecule has 2 heterocycles. The van der Waals surface area contributed by atoms with Crippen LogP contribution in [0.1, 0.15) is 32.6 Å². The molecule has 14 nitrogen and oxygen atoms in total. The number of benzene rings is 3. The monoisotopic (exact) mass is 703 g/mol. The number of aromatic nitrogens is 2. The number of nitrogens with one attached hydrogen (secondary N) is 2. The van der Waals surface area contributed by atoms with E-state index in [-0.39, 0.29) is 49.4 Å². The van der Waals surface area contributed by atoms with E-state index in [1.165, 1.54) is 55.2 Å². The zero-order valence-corrected chi connectivity index (χ0v) is 29.4. The van der Waals surface area contributed by atoms with E-state index in [1.807, 2.05) is 13.8 Å². The Hall–Kier alpha value is -5.86. The lowest BCUT2D eigenvalue weighted by molar-refractivity contribution is -0.134. The molecule has 1 aromatic heterocycles. The zero-order valence-electron chi connectivity index (χ0n) is 29.4. The number of alkyl carbamates (subject to hydrolysis) is 1. The van der Waals surface area contributed by atoms with Gasteiger partial charge in [0.05, 0.1) is 57.1 Å². The molecule has 270 valence electrons. The van der Waals surface area contributed by atoms with Gasteiger partial charge in [-0.1, -0.05) is 26.0 Å². The highest BCUT2D eigenvalue weighted by molar-refractivity contribution is 6.03. The van der Waals surface area contributed by atoms with Crippen LogP contribution in [-0.4, -0.2) is 86.1 Å². The molecule has 0 aliphatic carbocycles. The Balaban J connectivity index is 1.56. The lowest BCUT2D eigenvalue weighted by Gasteiger charge is -2.40. The lowest BCUT2D eigenvalue weighted by Crippen LogP contribution is -2.60.